The zero-order valence-corrected chi connectivity index (χ0v) is 12.1. The maximum absolute atomic E-state index is 6.13. The van der Waals surface area contributed by atoms with Crippen molar-refractivity contribution in [1.29, 1.82) is 0 Å². The van der Waals surface area contributed by atoms with E-state index in [1.54, 1.807) is 12.1 Å². The van der Waals surface area contributed by atoms with Crippen LogP contribution in [0.2, 0.25) is 10.0 Å². The van der Waals surface area contributed by atoms with Crippen LogP contribution in [0.3, 0.4) is 0 Å². The molecule has 0 fully saturated rings. The van der Waals surface area contributed by atoms with Crippen molar-refractivity contribution in [3.05, 3.63) is 44.8 Å². The van der Waals surface area contributed by atoms with Crippen LogP contribution < -0.4 is 16.6 Å². The normalized spacial score (nSPS) is 10.2. The van der Waals surface area contributed by atoms with Crippen LogP contribution >= 0.6 is 39.1 Å². The fourth-order valence-corrected chi connectivity index (χ4v) is 2.17. The molecule has 4 nitrogen and oxygen atoms in total. The molecular weight excluding hydrogens is 339 g/mol. The first kappa shape index (κ1) is 13.4. The highest BCUT2D eigenvalue weighted by Gasteiger charge is 2.09. The Morgan fingerprint density at radius 3 is 2.50 bits per heavy atom. The Bertz CT molecular complexity index is 577. The summed E-state index contributed by atoms with van der Waals surface area (Å²) in [6.07, 6.45) is 0. The van der Waals surface area contributed by atoms with Gasteiger partial charge in [-0.3, -0.25) is 0 Å². The van der Waals surface area contributed by atoms with Gasteiger partial charge in [0, 0.05) is 4.47 Å². The van der Waals surface area contributed by atoms with Crippen LogP contribution in [-0.4, -0.2) is 4.98 Å². The fourth-order valence-electron chi connectivity index (χ4n) is 1.35. The Labute approximate surface area is 123 Å². The van der Waals surface area contributed by atoms with Gasteiger partial charge in [-0.05, 0) is 40.2 Å². The van der Waals surface area contributed by atoms with E-state index in [1.807, 2.05) is 18.2 Å². The number of aromatic nitrogens is 1. The number of rotatable bonds is 3. The number of hydrazine groups is 1. The molecule has 1 heterocycles. The summed E-state index contributed by atoms with van der Waals surface area (Å²) in [7, 11) is 0. The molecule has 1 aromatic carbocycles. The molecule has 0 bridgehead atoms. The Balaban J connectivity index is 2.31. The molecule has 0 spiro atoms. The summed E-state index contributed by atoms with van der Waals surface area (Å²) in [6, 6.07) is 8.98. The topological polar surface area (TPSA) is 63.0 Å². The van der Waals surface area contributed by atoms with Crippen molar-refractivity contribution in [3.63, 3.8) is 0 Å². The van der Waals surface area contributed by atoms with E-state index >= 15 is 0 Å². The van der Waals surface area contributed by atoms with Gasteiger partial charge in [0.1, 0.15) is 11.6 Å². The number of benzene rings is 1. The third-order valence-electron chi connectivity index (χ3n) is 2.19. The Kier molecular flexibility index (Phi) is 4.29. The summed E-state index contributed by atoms with van der Waals surface area (Å²) in [5.41, 5.74) is 3.14. The van der Waals surface area contributed by atoms with E-state index < -0.39 is 0 Å². The number of hydrogen-bond donors (Lipinski definition) is 3. The van der Waals surface area contributed by atoms with E-state index in [0.717, 1.165) is 4.47 Å². The lowest BCUT2D eigenvalue weighted by molar-refractivity contribution is 1.22. The minimum atomic E-state index is 0.430. The minimum absolute atomic E-state index is 0.430. The van der Waals surface area contributed by atoms with Crippen LogP contribution in [0.25, 0.3) is 0 Å². The number of pyridine rings is 1. The van der Waals surface area contributed by atoms with E-state index in [-0.39, 0.29) is 0 Å². The van der Waals surface area contributed by atoms with E-state index in [2.05, 4.69) is 31.7 Å². The van der Waals surface area contributed by atoms with Crippen molar-refractivity contribution >= 4 is 56.5 Å². The van der Waals surface area contributed by atoms with E-state index in [0.29, 0.717) is 27.4 Å². The van der Waals surface area contributed by atoms with Crippen molar-refractivity contribution in [3.8, 4) is 0 Å². The summed E-state index contributed by atoms with van der Waals surface area (Å²) in [5.74, 6) is 6.46. The lowest BCUT2D eigenvalue weighted by Gasteiger charge is -2.10. The molecule has 0 aliphatic heterocycles. The molecule has 0 radical (unpaired) electrons. The summed E-state index contributed by atoms with van der Waals surface area (Å²) in [4.78, 5) is 4.22. The third kappa shape index (κ3) is 2.87. The molecule has 1 aromatic heterocycles. The van der Waals surface area contributed by atoms with Gasteiger partial charge in [0.2, 0.25) is 0 Å². The molecule has 0 aliphatic rings. The molecular formula is C11H9BrCl2N4. The highest BCUT2D eigenvalue weighted by atomic mass is 79.9. The first-order valence-corrected chi connectivity index (χ1v) is 6.51. The van der Waals surface area contributed by atoms with Crippen LogP contribution in [0, 0.1) is 0 Å². The van der Waals surface area contributed by atoms with Gasteiger partial charge in [-0.25, -0.2) is 10.8 Å². The molecule has 94 valence electrons. The summed E-state index contributed by atoms with van der Waals surface area (Å²) in [5, 5.41) is 3.95. The predicted molar refractivity (Wildman–Crippen MR) is 79.5 cm³/mol. The standard InChI is InChI=1S/C11H9BrCl2N4/c12-6-4-5-7(11(14)10(6)13)16-8-2-1-3-9(17-8)18-15/h1-5H,15H2,(H2,16,17,18). The Morgan fingerprint density at radius 2 is 1.78 bits per heavy atom. The highest BCUT2D eigenvalue weighted by Crippen LogP contribution is 2.36. The SMILES string of the molecule is NNc1cccc(Nc2ccc(Br)c(Cl)c2Cl)n1. The first-order chi connectivity index (χ1) is 8.61. The van der Waals surface area contributed by atoms with E-state index in [1.165, 1.54) is 0 Å². The lowest BCUT2D eigenvalue weighted by Crippen LogP contribution is -2.09. The number of halogens is 3. The van der Waals surface area contributed by atoms with Crippen molar-refractivity contribution < 1.29 is 0 Å². The molecule has 0 amide bonds. The Morgan fingerprint density at radius 1 is 1.06 bits per heavy atom. The number of nitrogens with two attached hydrogens (primary N) is 1. The molecule has 0 aliphatic carbocycles. The number of nitrogens with zero attached hydrogens (tertiary/aromatic N) is 1. The van der Waals surface area contributed by atoms with Crippen molar-refractivity contribution in [2.45, 2.75) is 0 Å². The van der Waals surface area contributed by atoms with Crippen LogP contribution in [0.4, 0.5) is 17.3 Å². The Hall–Kier alpha value is -1.01. The maximum Gasteiger partial charge on any atom is 0.142 e. The number of hydrogen-bond acceptors (Lipinski definition) is 4. The van der Waals surface area contributed by atoms with Gasteiger partial charge in [0.15, 0.2) is 0 Å². The second kappa shape index (κ2) is 5.75. The number of anilines is 3. The van der Waals surface area contributed by atoms with E-state index in [9.17, 15) is 0 Å². The summed E-state index contributed by atoms with van der Waals surface area (Å²) >= 11 is 15.5. The molecule has 0 saturated heterocycles. The zero-order chi connectivity index (χ0) is 13.1. The molecule has 0 saturated carbocycles. The molecule has 2 rings (SSSR count). The number of nitrogen functional groups attached to an aromatic ring is 1. The van der Waals surface area contributed by atoms with Gasteiger partial charge in [-0.15, -0.1) is 0 Å². The predicted octanol–water partition coefficient (Wildman–Crippen LogP) is 4.18. The molecule has 0 unspecified atom stereocenters. The van der Waals surface area contributed by atoms with Gasteiger partial charge < -0.3 is 10.7 Å². The minimum Gasteiger partial charge on any atom is -0.339 e. The van der Waals surface area contributed by atoms with Gasteiger partial charge in [0.25, 0.3) is 0 Å². The van der Waals surface area contributed by atoms with Gasteiger partial charge in [0.05, 0.1) is 15.7 Å². The van der Waals surface area contributed by atoms with Crippen LogP contribution in [0.1, 0.15) is 0 Å². The summed E-state index contributed by atoms with van der Waals surface area (Å²) < 4.78 is 0.741. The van der Waals surface area contributed by atoms with Crippen LogP contribution in [-0.2, 0) is 0 Å². The van der Waals surface area contributed by atoms with Gasteiger partial charge in [-0.2, -0.15) is 0 Å². The second-order valence-electron chi connectivity index (χ2n) is 3.40. The van der Waals surface area contributed by atoms with E-state index in [4.69, 9.17) is 29.0 Å². The molecule has 18 heavy (non-hydrogen) atoms. The van der Waals surface area contributed by atoms with Crippen molar-refractivity contribution in [2.75, 3.05) is 10.7 Å². The fraction of sp³-hybridized carbons (Fsp3) is 0. The zero-order valence-electron chi connectivity index (χ0n) is 9.05. The molecule has 2 aromatic rings. The second-order valence-corrected chi connectivity index (χ2v) is 5.01. The lowest BCUT2D eigenvalue weighted by atomic mass is 10.3. The largest absolute Gasteiger partial charge is 0.339 e. The first-order valence-electron chi connectivity index (χ1n) is 4.96. The van der Waals surface area contributed by atoms with Crippen molar-refractivity contribution in [1.82, 2.24) is 4.98 Å². The molecule has 4 N–H and O–H groups in total. The quantitative estimate of drug-likeness (QED) is 0.442. The number of nitrogens with one attached hydrogen (secondary N) is 2. The average Bonchev–Trinajstić information content (AvgIpc) is 2.40. The third-order valence-corrected chi connectivity index (χ3v) is 3.97. The van der Waals surface area contributed by atoms with Crippen LogP contribution in [0.5, 0.6) is 0 Å². The van der Waals surface area contributed by atoms with Crippen LogP contribution in [0.15, 0.2) is 34.8 Å². The van der Waals surface area contributed by atoms with Gasteiger partial charge in [-0.1, -0.05) is 29.3 Å². The highest BCUT2D eigenvalue weighted by molar-refractivity contribution is 9.10. The maximum atomic E-state index is 6.13. The summed E-state index contributed by atoms with van der Waals surface area (Å²) in [6.45, 7) is 0. The molecule has 7 heteroatoms. The smallest absolute Gasteiger partial charge is 0.142 e. The molecule has 0 atom stereocenters. The van der Waals surface area contributed by atoms with Gasteiger partial charge >= 0.3 is 0 Å². The average molecular weight is 348 g/mol. The van der Waals surface area contributed by atoms with Crippen molar-refractivity contribution in [2.24, 2.45) is 5.84 Å². The monoisotopic (exact) mass is 346 g/mol.